The molecule has 5 nitrogen and oxygen atoms in total. The quantitative estimate of drug-likeness (QED) is 0.480. The Morgan fingerprint density at radius 3 is 2.12 bits per heavy atom. The van der Waals surface area contributed by atoms with Crippen molar-refractivity contribution in [2.24, 2.45) is 0 Å². The zero-order valence-corrected chi connectivity index (χ0v) is 19.1. The van der Waals surface area contributed by atoms with Crippen molar-refractivity contribution in [2.45, 2.75) is 10.8 Å². The molecule has 2 aromatic carbocycles. The molecule has 2 amide bonds. The molecule has 0 spiro atoms. The predicted octanol–water partition coefficient (Wildman–Crippen LogP) is 4.90. The van der Waals surface area contributed by atoms with E-state index < -0.39 is 5.82 Å². The molecule has 1 fully saturated rings. The number of thioether (sulfide) groups is 1. The van der Waals surface area contributed by atoms with Gasteiger partial charge in [-0.25, -0.2) is 13.8 Å². The van der Waals surface area contributed by atoms with Crippen molar-refractivity contribution in [2.75, 3.05) is 26.2 Å². The van der Waals surface area contributed by atoms with E-state index in [2.05, 4.69) is 4.98 Å². The summed E-state index contributed by atoms with van der Waals surface area (Å²) in [6.07, 6.45) is 1.63. The fraction of sp³-hybridized carbons (Fsp3) is 0.208. The molecule has 4 rings (SSSR count). The molecule has 3 aromatic rings. The normalized spacial score (nSPS) is 13.8. The minimum Gasteiger partial charge on any atom is -0.335 e. The highest BCUT2D eigenvalue weighted by Gasteiger charge is 2.28. The topological polar surface area (TPSA) is 53.5 Å². The summed E-state index contributed by atoms with van der Waals surface area (Å²) in [6, 6.07) is 13.4. The zero-order chi connectivity index (χ0) is 23.4. The van der Waals surface area contributed by atoms with E-state index in [9.17, 15) is 18.4 Å². The molecule has 0 bridgehead atoms. The van der Waals surface area contributed by atoms with E-state index in [-0.39, 0.29) is 28.2 Å². The van der Waals surface area contributed by atoms with Crippen LogP contribution in [-0.4, -0.2) is 52.8 Å². The number of rotatable bonds is 5. The van der Waals surface area contributed by atoms with Crippen molar-refractivity contribution in [1.82, 2.24) is 14.8 Å². The summed E-state index contributed by atoms with van der Waals surface area (Å²) in [4.78, 5) is 33.6. The summed E-state index contributed by atoms with van der Waals surface area (Å²) in [7, 11) is 0. The van der Waals surface area contributed by atoms with Gasteiger partial charge in [0.2, 0.25) is 0 Å². The second-order valence-electron chi connectivity index (χ2n) is 7.48. The van der Waals surface area contributed by atoms with E-state index in [1.807, 2.05) is 0 Å². The first-order valence-corrected chi connectivity index (χ1v) is 11.6. The Hall–Kier alpha value is -2.97. The van der Waals surface area contributed by atoms with Crippen LogP contribution in [0.4, 0.5) is 8.78 Å². The van der Waals surface area contributed by atoms with Gasteiger partial charge < -0.3 is 9.80 Å². The lowest BCUT2D eigenvalue weighted by Crippen LogP contribution is -2.50. The Labute approximate surface area is 199 Å². The number of benzene rings is 2. The van der Waals surface area contributed by atoms with Crippen LogP contribution < -0.4 is 0 Å². The molecule has 0 unspecified atom stereocenters. The van der Waals surface area contributed by atoms with Crippen LogP contribution in [-0.2, 0) is 5.75 Å². The largest absolute Gasteiger partial charge is 0.335 e. The van der Waals surface area contributed by atoms with Crippen molar-refractivity contribution in [3.8, 4) is 0 Å². The lowest BCUT2D eigenvalue weighted by molar-refractivity contribution is 0.0533. The minimum atomic E-state index is -0.503. The Morgan fingerprint density at radius 1 is 0.879 bits per heavy atom. The molecule has 1 aromatic heterocycles. The second-order valence-corrected chi connectivity index (χ2v) is 8.85. The summed E-state index contributed by atoms with van der Waals surface area (Å²) in [5, 5.41) is 0.667. The van der Waals surface area contributed by atoms with Gasteiger partial charge in [0.1, 0.15) is 16.7 Å². The van der Waals surface area contributed by atoms with Gasteiger partial charge in [0.15, 0.2) is 0 Å². The molecule has 1 saturated heterocycles. The van der Waals surface area contributed by atoms with Gasteiger partial charge in [-0.1, -0.05) is 23.7 Å². The average Bonchev–Trinajstić information content (AvgIpc) is 2.83. The minimum absolute atomic E-state index is 0.0664. The van der Waals surface area contributed by atoms with Gasteiger partial charge in [-0.3, -0.25) is 9.59 Å². The van der Waals surface area contributed by atoms with Gasteiger partial charge in [-0.15, -0.1) is 11.8 Å². The SMILES string of the molecule is O=C(c1ccc(F)cc1Cl)N1CCN(C(=O)c2cccnc2SCc2ccc(F)cc2)CC1. The standard InChI is InChI=1S/C24H20ClF2N3O2S/c25-21-14-18(27)7-8-19(21)23(31)29-10-12-30(13-11-29)24(32)20-2-1-9-28-22(20)33-15-16-3-5-17(26)6-4-16/h1-9,14H,10-13,15H2. The fourth-order valence-corrected chi connectivity index (χ4v) is 4.71. The summed E-state index contributed by atoms with van der Waals surface area (Å²) in [5.41, 5.74) is 1.66. The van der Waals surface area contributed by atoms with Crippen LogP contribution in [0.3, 0.4) is 0 Å². The van der Waals surface area contributed by atoms with Crippen LogP contribution >= 0.6 is 23.4 Å². The molecule has 1 aliphatic rings. The molecule has 0 radical (unpaired) electrons. The molecule has 0 saturated carbocycles. The molecule has 9 heteroatoms. The van der Waals surface area contributed by atoms with Crippen LogP contribution in [0.2, 0.25) is 5.02 Å². The molecule has 33 heavy (non-hydrogen) atoms. The predicted molar refractivity (Wildman–Crippen MR) is 123 cm³/mol. The molecule has 1 aliphatic heterocycles. The molecule has 2 heterocycles. The number of pyridine rings is 1. The fourth-order valence-electron chi connectivity index (χ4n) is 3.52. The third kappa shape index (κ3) is 5.51. The Morgan fingerprint density at radius 2 is 1.48 bits per heavy atom. The summed E-state index contributed by atoms with van der Waals surface area (Å²) in [5.74, 6) is -0.688. The summed E-state index contributed by atoms with van der Waals surface area (Å²) >= 11 is 7.43. The molecule has 170 valence electrons. The Kier molecular flexibility index (Phi) is 7.25. The third-order valence-corrected chi connectivity index (χ3v) is 6.70. The number of hydrogen-bond acceptors (Lipinski definition) is 4. The number of carbonyl (C=O) groups is 2. The number of aromatic nitrogens is 1. The lowest BCUT2D eigenvalue weighted by atomic mass is 10.1. The second kappa shape index (κ2) is 10.3. The number of halogens is 3. The highest BCUT2D eigenvalue weighted by Crippen LogP contribution is 2.26. The van der Waals surface area contributed by atoms with Crippen molar-refractivity contribution >= 4 is 35.2 Å². The summed E-state index contributed by atoms with van der Waals surface area (Å²) < 4.78 is 26.4. The van der Waals surface area contributed by atoms with Crippen molar-refractivity contribution in [3.05, 3.63) is 94.1 Å². The number of piperazine rings is 1. The maximum absolute atomic E-state index is 13.3. The first-order valence-electron chi connectivity index (χ1n) is 10.3. The molecular formula is C24H20ClF2N3O2S. The van der Waals surface area contributed by atoms with Gasteiger partial charge in [-0.05, 0) is 48.0 Å². The third-order valence-electron chi connectivity index (χ3n) is 5.31. The summed E-state index contributed by atoms with van der Waals surface area (Å²) in [6.45, 7) is 1.41. The Balaban J connectivity index is 1.39. The smallest absolute Gasteiger partial charge is 0.256 e. The molecule has 0 aliphatic carbocycles. The van der Waals surface area contributed by atoms with Crippen molar-refractivity contribution in [3.63, 3.8) is 0 Å². The van der Waals surface area contributed by atoms with Crippen LogP contribution in [0.1, 0.15) is 26.3 Å². The highest BCUT2D eigenvalue weighted by atomic mass is 35.5. The average molecular weight is 488 g/mol. The molecular weight excluding hydrogens is 468 g/mol. The van der Waals surface area contributed by atoms with Crippen LogP contribution in [0, 0.1) is 11.6 Å². The maximum Gasteiger partial charge on any atom is 0.256 e. The monoisotopic (exact) mass is 487 g/mol. The molecule has 0 atom stereocenters. The van der Waals surface area contributed by atoms with Crippen LogP contribution in [0.15, 0.2) is 65.8 Å². The highest BCUT2D eigenvalue weighted by molar-refractivity contribution is 7.98. The number of hydrogen-bond donors (Lipinski definition) is 0. The molecule has 0 N–H and O–H groups in total. The lowest BCUT2D eigenvalue weighted by Gasteiger charge is -2.35. The van der Waals surface area contributed by atoms with E-state index >= 15 is 0 Å². The van der Waals surface area contributed by atoms with E-state index in [4.69, 9.17) is 11.6 Å². The van der Waals surface area contributed by atoms with Gasteiger partial charge in [0.05, 0.1) is 16.1 Å². The first kappa shape index (κ1) is 23.2. The van der Waals surface area contributed by atoms with Gasteiger partial charge in [0, 0.05) is 38.1 Å². The van der Waals surface area contributed by atoms with E-state index in [1.54, 1.807) is 40.3 Å². The van der Waals surface area contributed by atoms with Gasteiger partial charge in [0.25, 0.3) is 11.8 Å². The number of carbonyl (C=O) groups excluding carboxylic acids is 2. The van der Waals surface area contributed by atoms with Crippen molar-refractivity contribution in [1.29, 1.82) is 0 Å². The van der Waals surface area contributed by atoms with E-state index in [0.717, 1.165) is 11.6 Å². The van der Waals surface area contributed by atoms with Crippen LogP contribution in [0.25, 0.3) is 0 Å². The van der Waals surface area contributed by atoms with Crippen molar-refractivity contribution < 1.29 is 18.4 Å². The van der Waals surface area contributed by atoms with Crippen LogP contribution in [0.5, 0.6) is 0 Å². The number of amides is 2. The van der Waals surface area contributed by atoms with E-state index in [0.29, 0.717) is 42.5 Å². The zero-order valence-electron chi connectivity index (χ0n) is 17.5. The van der Waals surface area contributed by atoms with Gasteiger partial charge >= 0.3 is 0 Å². The maximum atomic E-state index is 13.3. The van der Waals surface area contributed by atoms with E-state index in [1.165, 1.54) is 36.0 Å². The number of nitrogens with zero attached hydrogens (tertiary/aromatic N) is 3. The Bertz CT molecular complexity index is 1170. The first-order chi connectivity index (χ1) is 15.9. The van der Waals surface area contributed by atoms with Gasteiger partial charge in [-0.2, -0.15) is 0 Å².